The maximum Gasteiger partial charge on any atom is 0.263 e. The maximum atomic E-state index is 12.8. The first kappa shape index (κ1) is 19.7. The Morgan fingerprint density at radius 3 is 2.60 bits per heavy atom. The topological polar surface area (TPSA) is 74.6 Å². The van der Waals surface area contributed by atoms with Crippen LogP contribution in [0.5, 0.6) is 0 Å². The van der Waals surface area contributed by atoms with Gasteiger partial charge in [0.1, 0.15) is 5.56 Å². The molecule has 0 aromatic carbocycles. The highest BCUT2D eigenvalue weighted by Crippen LogP contribution is 2.27. The van der Waals surface area contributed by atoms with Crippen LogP contribution < -0.4 is 10.9 Å². The Balaban J connectivity index is 2.17. The largest absolute Gasteiger partial charge is 0.388 e. The fourth-order valence-corrected chi connectivity index (χ4v) is 3.60. The van der Waals surface area contributed by atoms with Gasteiger partial charge in [0.05, 0.1) is 5.60 Å². The molecule has 1 amide bonds. The molecule has 1 aromatic rings. The summed E-state index contributed by atoms with van der Waals surface area (Å²) >= 11 is 0. The lowest BCUT2D eigenvalue weighted by molar-refractivity contribution is 0.00522. The van der Waals surface area contributed by atoms with Crippen LogP contribution in [-0.2, 0) is 0 Å². The zero-order valence-electron chi connectivity index (χ0n) is 15.8. The molecule has 6 heteroatoms. The van der Waals surface area contributed by atoms with Gasteiger partial charge in [-0.15, -0.1) is 0 Å². The van der Waals surface area contributed by atoms with E-state index < -0.39 is 11.5 Å². The lowest BCUT2D eigenvalue weighted by Gasteiger charge is -2.32. The monoisotopic (exact) mass is 349 g/mol. The number of rotatable bonds is 6. The molecule has 140 valence electrons. The Labute approximate surface area is 149 Å². The summed E-state index contributed by atoms with van der Waals surface area (Å²) in [4.78, 5) is 27.4. The summed E-state index contributed by atoms with van der Waals surface area (Å²) in [6.45, 7) is 4.65. The Hall–Kier alpha value is -1.66. The van der Waals surface area contributed by atoms with Crippen molar-refractivity contribution >= 4 is 5.91 Å². The smallest absolute Gasteiger partial charge is 0.263 e. The summed E-state index contributed by atoms with van der Waals surface area (Å²) in [7, 11) is 3.91. The number of amides is 1. The molecular formula is C19H31N3O3. The van der Waals surface area contributed by atoms with E-state index in [4.69, 9.17) is 0 Å². The highest BCUT2D eigenvalue weighted by atomic mass is 16.3. The van der Waals surface area contributed by atoms with Crippen molar-refractivity contribution in [3.63, 3.8) is 0 Å². The third-order valence-corrected chi connectivity index (χ3v) is 5.02. The van der Waals surface area contributed by atoms with E-state index in [0.717, 1.165) is 19.3 Å². The molecule has 1 fully saturated rings. The first-order chi connectivity index (χ1) is 11.7. The number of carbonyl (C=O) groups excluding carboxylic acids is 1. The number of likely N-dealkylation sites (N-methyl/N-ethyl adjacent to an activating group) is 1. The van der Waals surface area contributed by atoms with Crippen molar-refractivity contribution in [3.8, 4) is 0 Å². The van der Waals surface area contributed by atoms with Gasteiger partial charge in [0.25, 0.3) is 11.5 Å². The van der Waals surface area contributed by atoms with E-state index in [1.807, 2.05) is 25.9 Å². The molecule has 1 aliphatic carbocycles. The number of carbonyl (C=O) groups is 1. The molecule has 0 spiro atoms. The first-order valence-electron chi connectivity index (χ1n) is 9.10. The predicted octanol–water partition coefficient (Wildman–Crippen LogP) is 1.70. The number of nitrogens with one attached hydrogen (secondary N) is 1. The van der Waals surface area contributed by atoms with Crippen molar-refractivity contribution in [2.45, 2.75) is 57.6 Å². The van der Waals surface area contributed by atoms with Crippen LogP contribution in [0.2, 0.25) is 0 Å². The fourth-order valence-electron chi connectivity index (χ4n) is 3.60. The minimum Gasteiger partial charge on any atom is -0.388 e. The van der Waals surface area contributed by atoms with Crippen molar-refractivity contribution in [2.24, 2.45) is 0 Å². The van der Waals surface area contributed by atoms with E-state index in [-0.39, 0.29) is 23.7 Å². The molecule has 25 heavy (non-hydrogen) atoms. The van der Waals surface area contributed by atoms with Crippen LogP contribution in [0, 0.1) is 6.92 Å². The summed E-state index contributed by atoms with van der Waals surface area (Å²) < 4.78 is 1.61. The molecule has 1 aliphatic rings. The van der Waals surface area contributed by atoms with Crippen LogP contribution in [0.3, 0.4) is 0 Å². The summed E-state index contributed by atoms with van der Waals surface area (Å²) in [6.07, 6.45) is 6.23. The second-order valence-corrected chi connectivity index (χ2v) is 7.67. The first-order valence-corrected chi connectivity index (χ1v) is 9.10. The van der Waals surface area contributed by atoms with E-state index in [9.17, 15) is 14.7 Å². The molecule has 0 aliphatic heterocycles. The highest BCUT2D eigenvalue weighted by Gasteiger charge is 2.30. The number of pyridine rings is 1. The SMILES string of the molecule is Cc1ccn(C(C)CN(C)C)c(=O)c1C(=O)NCC1(O)CCCCC1. The van der Waals surface area contributed by atoms with E-state index in [0.29, 0.717) is 24.9 Å². The fraction of sp³-hybridized carbons (Fsp3) is 0.684. The van der Waals surface area contributed by atoms with Crippen molar-refractivity contribution in [2.75, 3.05) is 27.2 Å². The van der Waals surface area contributed by atoms with Crippen LogP contribution in [0.25, 0.3) is 0 Å². The number of hydrogen-bond acceptors (Lipinski definition) is 4. The van der Waals surface area contributed by atoms with Gasteiger partial charge in [-0.25, -0.2) is 0 Å². The molecule has 6 nitrogen and oxygen atoms in total. The van der Waals surface area contributed by atoms with Crippen LogP contribution in [-0.4, -0.2) is 53.3 Å². The van der Waals surface area contributed by atoms with Gasteiger partial charge in [-0.3, -0.25) is 9.59 Å². The second kappa shape index (κ2) is 8.15. The van der Waals surface area contributed by atoms with Gasteiger partial charge < -0.3 is 19.9 Å². The van der Waals surface area contributed by atoms with Gasteiger partial charge in [-0.1, -0.05) is 19.3 Å². The van der Waals surface area contributed by atoms with Crippen molar-refractivity contribution in [1.82, 2.24) is 14.8 Å². The summed E-state index contributed by atoms with van der Waals surface area (Å²) in [5, 5.41) is 13.3. The van der Waals surface area contributed by atoms with Gasteiger partial charge in [0.15, 0.2) is 0 Å². The normalized spacial score (nSPS) is 18.2. The van der Waals surface area contributed by atoms with Crippen molar-refractivity contribution in [3.05, 3.63) is 33.7 Å². The molecule has 1 heterocycles. The van der Waals surface area contributed by atoms with E-state index in [1.165, 1.54) is 0 Å². The van der Waals surface area contributed by atoms with Gasteiger partial charge >= 0.3 is 0 Å². The number of nitrogens with zero attached hydrogens (tertiary/aromatic N) is 2. The zero-order valence-corrected chi connectivity index (χ0v) is 15.8. The van der Waals surface area contributed by atoms with E-state index in [1.54, 1.807) is 23.8 Å². The van der Waals surface area contributed by atoms with Crippen LogP contribution >= 0.6 is 0 Å². The molecule has 2 rings (SSSR count). The van der Waals surface area contributed by atoms with Crippen LogP contribution in [0.15, 0.2) is 17.1 Å². The quantitative estimate of drug-likeness (QED) is 0.820. The van der Waals surface area contributed by atoms with Gasteiger partial charge in [0.2, 0.25) is 0 Å². The standard InChI is InChI=1S/C19H31N3O3/c1-14-8-11-22(15(2)12-21(3)4)18(24)16(14)17(23)20-13-19(25)9-6-5-7-10-19/h8,11,15,25H,5-7,9-10,12-13H2,1-4H3,(H,20,23). The average Bonchev–Trinajstić information content (AvgIpc) is 2.53. The molecular weight excluding hydrogens is 318 g/mol. The highest BCUT2D eigenvalue weighted by molar-refractivity contribution is 5.95. The molecule has 0 saturated heterocycles. The number of aryl methyl sites for hydroxylation is 1. The van der Waals surface area contributed by atoms with Crippen LogP contribution in [0.4, 0.5) is 0 Å². The maximum absolute atomic E-state index is 12.8. The van der Waals surface area contributed by atoms with Gasteiger partial charge in [-0.05, 0) is 52.4 Å². The summed E-state index contributed by atoms with van der Waals surface area (Å²) in [5.74, 6) is -0.395. The Kier molecular flexibility index (Phi) is 6.41. The summed E-state index contributed by atoms with van der Waals surface area (Å²) in [6, 6.07) is 1.77. The minimum absolute atomic E-state index is 0.0304. The minimum atomic E-state index is -0.839. The van der Waals surface area contributed by atoms with Crippen molar-refractivity contribution < 1.29 is 9.90 Å². The second-order valence-electron chi connectivity index (χ2n) is 7.67. The van der Waals surface area contributed by atoms with Gasteiger partial charge in [0, 0.05) is 25.3 Å². The Morgan fingerprint density at radius 2 is 2.00 bits per heavy atom. The molecule has 0 bridgehead atoms. The molecule has 1 aromatic heterocycles. The summed E-state index contributed by atoms with van der Waals surface area (Å²) in [5.41, 5.74) is -0.283. The lowest BCUT2D eigenvalue weighted by Crippen LogP contribution is -2.46. The van der Waals surface area contributed by atoms with Crippen LogP contribution in [0.1, 0.15) is 61.0 Å². The molecule has 2 N–H and O–H groups in total. The predicted molar refractivity (Wildman–Crippen MR) is 99.1 cm³/mol. The molecule has 1 unspecified atom stereocenters. The lowest BCUT2D eigenvalue weighted by atomic mass is 9.85. The van der Waals surface area contributed by atoms with E-state index in [2.05, 4.69) is 5.32 Å². The zero-order chi connectivity index (χ0) is 18.6. The Bertz CT molecular complexity index is 660. The van der Waals surface area contributed by atoms with E-state index >= 15 is 0 Å². The number of hydrogen-bond donors (Lipinski definition) is 2. The molecule has 0 radical (unpaired) electrons. The molecule has 1 saturated carbocycles. The number of aliphatic hydroxyl groups is 1. The third-order valence-electron chi connectivity index (χ3n) is 5.02. The molecule has 1 atom stereocenters. The van der Waals surface area contributed by atoms with Gasteiger partial charge in [-0.2, -0.15) is 0 Å². The average molecular weight is 349 g/mol. The van der Waals surface area contributed by atoms with Crippen molar-refractivity contribution in [1.29, 1.82) is 0 Å². The Morgan fingerprint density at radius 1 is 1.36 bits per heavy atom. The number of aromatic nitrogens is 1. The third kappa shape index (κ3) is 4.92.